The Hall–Kier alpha value is -2.82. The zero-order valence-electron chi connectivity index (χ0n) is 30.1. The van der Waals surface area contributed by atoms with E-state index in [1.807, 2.05) is 27.7 Å². The van der Waals surface area contributed by atoms with E-state index in [1.165, 1.54) is 43.2 Å². The van der Waals surface area contributed by atoms with Crippen LogP contribution in [0.4, 0.5) is 0 Å². The van der Waals surface area contributed by atoms with Gasteiger partial charge in [0.25, 0.3) is 0 Å². The molecule has 0 aromatic heterocycles. The smallest absolute Gasteiger partial charge is 0.136 e. The number of hydrogen-bond donors (Lipinski definition) is 3. The number of aryl methyl sites for hydroxylation is 1. The van der Waals surface area contributed by atoms with Gasteiger partial charge in [-0.3, -0.25) is 9.79 Å². The molecule has 1 aromatic rings. The van der Waals surface area contributed by atoms with Crippen molar-refractivity contribution in [3.63, 3.8) is 0 Å². The van der Waals surface area contributed by atoms with Crippen molar-refractivity contribution in [2.45, 2.75) is 139 Å². The Morgan fingerprint density at radius 1 is 1.09 bits per heavy atom. The fourth-order valence-electron chi connectivity index (χ4n) is 10.1. The van der Waals surface area contributed by atoms with Gasteiger partial charge in [0.15, 0.2) is 0 Å². The molecule has 6 atom stereocenters. The molecule has 0 radical (unpaired) electrons. The van der Waals surface area contributed by atoms with E-state index in [0.717, 1.165) is 72.4 Å². The van der Waals surface area contributed by atoms with E-state index in [9.17, 15) is 4.79 Å². The van der Waals surface area contributed by atoms with Crippen LogP contribution in [0.1, 0.15) is 138 Å². The van der Waals surface area contributed by atoms with Gasteiger partial charge in [0.2, 0.25) is 0 Å². The second-order valence-electron chi connectivity index (χ2n) is 14.6. The Morgan fingerprint density at radius 2 is 1.78 bits per heavy atom. The molecule has 0 amide bonds. The number of carbonyl (C=O) groups is 1. The summed E-state index contributed by atoms with van der Waals surface area (Å²) in [6, 6.07) is 8.62. The fourth-order valence-corrected chi connectivity index (χ4v) is 10.1. The highest BCUT2D eigenvalue weighted by molar-refractivity contribution is 6.01. The van der Waals surface area contributed by atoms with Crippen LogP contribution in [0.5, 0.6) is 0 Å². The molecule has 5 nitrogen and oxygen atoms in total. The minimum Gasteiger partial charge on any atom is -0.386 e. The molecule has 5 unspecified atom stereocenters. The number of hydrogen-bond acceptors (Lipinski definition) is 5. The lowest BCUT2D eigenvalue weighted by atomic mass is 9.08. The zero-order valence-corrected chi connectivity index (χ0v) is 30.1. The molecule has 248 valence electrons. The Bertz CT molecular complexity index is 1370. The third kappa shape index (κ3) is 5.71. The molecule has 0 saturated heterocycles. The molecule has 5 aliphatic carbocycles. The quantitative estimate of drug-likeness (QED) is 0.171. The summed E-state index contributed by atoms with van der Waals surface area (Å²) in [5.74, 6) is 3.24. The summed E-state index contributed by atoms with van der Waals surface area (Å²) in [6.45, 7) is 21.0. The molecule has 5 heteroatoms. The van der Waals surface area contributed by atoms with Gasteiger partial charge in [-0.2, -0.15) is 0 Å². The lowest BCUT2D eigenvalue weighted by molar-refractivity contribution is -0.456. The second kappa shape index (κ2) is 13.5. The number of aliphatic imine (C=N–C) groups is 1. The van der Waals surface area contributed by atoms with Gasteiger partial charge < -0.3 is 16.4 Å². The Labute approximate surface area is 274 Å². The van der Waals surface area contributed by atoms with Gasteiger partial charge in [-0.05, 0) is 132 Å². The maximum atomic E-state index is 11.7. The molecule has 5 aliphatic rings. The first kappa shape index (κ1) is 35.0. The third-order valence-electron chi connectivity index (χ3n) is 12.1. The van der Waals surface area contributed by atoms with Crippen LogP contribution in [0.3, 0.4) is 0 Å². The normalized spacial score (nSPS) is 32.0. The molecule has 0 aliphatic heterocycles. The van der Waals surface area contributed by atoms with Crippen molar-refractivity contribution in [2.24, 2.45) is 38.8 Å². The van der Waals surface area contributed by atoms with Crippen LogP contribution in [-0.2, 0) is 11.2 Å². The van der Waals surface area contributed by atoms with Gasteiger partial charge in [-0.25, -0.2) is 0 Å². The van der Waals surface area contributed by atoms with Crippen LogP contribution in [-0.4, -0.2) is 17.2 Å². The third-order valence-corrected chi connectivity index (χ3v) is 12.1. The first-order chi connectivity index (χ1) is 21.4. The van der Waals surface area contributed by atoms with Crippen molar-refractivity contribution in [1.82, 2.24) is 10.6 Å². The average Bonchev–Trinajstić information content (AvgIpc) is 2.95. The van der Waals surface area contributed by atoms with Crippen LogP contribution in [0, 0.1) is 28.1 Å². The number of carbonyl (C=O) groups excluding carboxylic acids is 1. The molecule has 1 spiro atoms. The SMILES string of the molecule is C/C=C(NC(C)(CCC)NC(N)=C1CCC1)/C(C)=N/C(=C\C)c1cccc(CC)c1.CC.CC(=O)[C@]12CC3CC4CC(C)(C1)C432. The molecule has 5 saturated carbocycles. The Balaban J connectivity index is 0.000000249. The Kier molecular flexibility index (Phi) is 10.5. The molecule has 45 heavy (non-hydrogen) atoms. The molecule has 5 fully saturated rings. The molecule has 0 heterocycles. The van der Waals surface area contributed by atoms with Crippen LogP contribution in [0.25, 0.3) is 5.70 Å². The van der Waals surface area contributed by atoms with Gasteiger partial charge in [0, 0.05) is 11.0 Å². The standard InChI is InChI=1S/C26H40N4.C12H16O.C2H6/c1-7-17-26(6,30-25(27)21-14-12-15-21)29-23(9-3)19(5)28-24(10-4)22-16-11-13-20(8-2)18-22;1-7(13)11-5-9-3-8-4-10(2,6-11)12(8,9)11;1-2/h9-11,13,16,18,29-30H,7-8,12,14-15,17,27H2,1-6H3;8-9H,3-6H2,1-2H3;1-2H3/b23-9-,24-10-,28-19+;;/t;8?,9?,10?,11-,12?;/m.0./s1. The van der Waals surface area contributed by atoms with Gasteiger partial charge >= 0.3 is 0 Å². The summed E-state index contributed by atoms with van der Waals surface area (Å²) in [5, 5.41) is 7.26. The zero-order chi connectivity index (χ0) is 33.2. The highest BCUT2D eigenvalue weighted by Gasteiger charge is 2.93. The van der Waals surface area contributed by atoms with Crippen molar-refractivity contribution >= 4 is 17.2 Å². The fraction of sp³-hybridized carbons (Fsp3) is 0.650. The van der Waals surface area contributed by atoms with E-state index in [4.69, 9.17) is 10.7 Å². The number of nitrogens with two attached hydrogens (primary N) is 1. The van der Waals surface area contributed by atoms with E-state index in [2.05, 4.69) is 88.6 Å². The number of rotatable bonds is 11. The summed E-state index contributed by atoms with van der Waals surface area (Å²) < 4.78 is 0. The van der Waals surface area contributed by atoms with E-state index < -0.39 is 0 Å². The number of allylic oxidation sites excluding steroid dienone is 4. The highest BCUT2D eigenvalue weighted by Crippen LogP contribution is 2.97. The van der Waals surface area contributed by atoms with Gasteiger partial charge in [0.05, 0.1) is 22.9 Å². The molecule has 0 bridgehead atoms. The largest absolute Gasteiger partial charge is 0.386 e. The van der Waals surface area contributed by atoms with Crippen molar-refractivity contribution in [3.05, 3.63) is 64.6 Å². The van der Waals surface area contributed by atoms with Crippen LogP contribution in [0.15, 0.2) is 58.5 Å². The lowest BCUT2D eigenvalue weighted by Crippen LogP contribution is -2.91. The van der Waals surface area contributed by atoms with Gasteiger partial charge in [0.1, 0.15) is 11.4 Å². The van der Waals surface area contributed by atoms with E-state index in [1.54, 1.807) is 0 Å². The predicted molar refractivity (Wildman–Crippen MR) is 191 cm³/mol. The van der Waals surface area contributed by atoms with Gasteiger partial charge in [-0.15, -0.1) is 0 Å². The summed E-state index contributed by atoms with van der Waals surface area (Å²) in [7, 11) is 0. The van der Waals surface area contributed by atoms with Crippen molar-refractivity contribution < 1.29 is 4.79 Å². The van der Waals surface area contributed by atoms with Crippen LogP contribution >= 0.6 is 0 Å². The lowest BCUT2D eigenvalue weighted by Gasteiger charge is -2.95. The average molecular weight is 615 g/mol. The van der Waals surface area contributed by atoms with E-state index in [-0.39, 0.29) is 11.1 Å². The van der Waals surface area contributed by atoms with Gasteiger partial charge in [-0.1, -0.05) is 71.4 Å². The molecule has 4 N–H and O–H groups in total. The summed E-state index contributed by atoms with van der Waals surface area (Å²) in [5.41, 5.74) is 14.2. The van der Waals surface area contributed by atoms with Crippen LogP contribution < -0.4 is 16.4 Å². The topological polar surface area (TPSA) is 79.5 Å². The van der Waals surface area contributed by atoms with Crippen LogP contribution in [0.2, 0.25) is 0 Å². The van der Waals surface area contributed by atoms with E-state index >= 15 is 0 Å². The number of ketones is 1. The van der Waals surface area contributed by atoms with Crippen molar-refractivity contribution in [2.75, 3.05) is 0 Å². The molecular weight excluding hydrogens is 552 g/mol. The minimum atomic E-state index is -0.321. The predicted octanol–water partition coefficient (Wildman–Crippen LogP) is 9.45. The minimum absolute atomic E-state index is 0.202. The Morgan fingerprint density at radius 3 is 2.24 bits per heavy atom. The first-order valence-electron chi connectivity index (χ1n) is 17.9. The number of Topliss-reactive ketones (excluding diaryl/α,β-unsaturated/α-hetero) is 1. The maximum Gasteiger partial charge on any atom is 0.136 e. The highest BCUT2D eigenvalue weighted by atomic mass is 16.1. The monoisotopic (exact) mass is 614 g/mol. The maximum absolute atomic E-state index is 11.7. The summed E-state index contributed by atoms with van der Waals surface area (Å²) in [6.07, 6.45) is 16.0. The second-order valence-corrected chi connectivity index (χ2v) is 14.6. The molecular formula is C40H62N4O. The number of benzene rings is 1. The summed E-state index contributed by atoms with van der Waals surface area (Å²) in [4.78, 5) is 16.7. The summed E-state index contributed by atoms with van der Waals surface area (Å²) >= 11 is 0. The van der Waals surface area contributed by atoms with Crippen molar-refractivity contribution in [1.29, 1.82) is 0 Å². The number of nitrogens with zero attached hydrogens (tertiary/aromatic N) is 1. The number of nitrogens with one attached hydrogen (secondary N) is 2. The van der Waals surface area contributed by atoms with Crippen molar-refractivity contribution in [3.8, 4) is 0 Å². The first-order valence-corrected chi connectivity index (χ1v) is 17.9. The molecule has 1 aromatic carbocycles. The molecule has 6 rings (SSSR count). The van der Waals surface area contributed by atoms with E-state index in [0.29, 0.717) is 16.6 Å².